The number of hydrogen-bond acceptors (Lipinski definition) is 1. The second kappa shape index (κ2) is 8.54. The molecule has 0 rings (SSSR count). The maximum atomic E-state index is 8.58. The van der Waals surface area contributed by atoms with Crippen LogP contribution in [-0.2, 0) is 0 Å². The van der Waals surface area contributed by atoms with Gasteiger partial charge in [0.05, 0.1) is 0 Å². The van der Waals surface area contributed by atoms with Gasteiger partial charge in [0.15, 0.2) is 0 Å². The third-order valence-electron chi connectivity index (χ3n) is 1.94. The van der Waals surface area contributed by atoms with Crippen molar-refractivity contribution in [1.82, 2.24) is 0 Å². The fraction of sp³-hybridized carbons (Fsp3) is 1.00. The van der Waals surface area contributed by atoms with Gasteiger partial charge in [-0.3, -0.25) is 0 Å². The molecule has 0 aliphatic carbocycles. The van der Waals surface area contributed by atoms with E-state index >= 15 is 0 Å². The molecule has 1 nitrogen and oxygen atoms in total. The lowest BCUT2D eigenvalue weighted by atomic mass is 9.99. The predicted molar refractivity (Wildman–Crippen MR) is 53.1 cm³/mol. The quantitative estimate of drug-likeness (QED) is 0.519. The van der Waals surface area contributed by atoms with Crippen molar-refractivity contribution >= 4 is 15.9 Å². The molecule has 0 aromatic heterocycles. The average molecular weight is 223 g/mol. The minimum absolute atomic E-state index is 0.350. The van der Waals surface area contributed by atoms with Gasteiger partial charge in [-0.05, 0) is 25.2 Å². The summed E-state index contributed by atoms with van der Waals surface area (Å²) < 4.78 is 0. The SMILES string of the molecule is C[C@H](CCCO)CCCCBr. The minimum atomic E-state index is 0.350. The van der Waals surface area contributed by atoms with Crippen molar-refractivity contribution in [3.63, 3.8) is 0 Å². The van der Waals surface area contributed by atoms with Crippen LogP contribution in [0.25, 0.3) is 0 Å². The summed E-state index contributed by atoms with van der Waals surface area (Å²) in [6.45, 7) is 2.62. The van der Waals surface area contributed by atoms with E-state index in [1.165, 1.54) is 25.7 Å². The fourth-order valence-electron chi connectivity index (χ4n) is 1.17. The molecule has 0 unspecified atom stereocenters. The van der Waals surface area contributed by atoms with Gasteiger partial charge in [0.25, 0.3) is 0 Å². The van der Waals surface area contributed by atoms with E-state index < -0.39 is 0 Å². The monoisotopic (exact) mass is 222 g/mol. The molecule has 0 aliphatic rings. The van der Waals surface area contributed by atoms with Crippen molar-refractivity contribution in [3.8, 4) is 0 Å². The number of unbranched alkanes of at least 4 members (excludes halogenated alkanes) is 1. The molecule has 0 aromatic carbocycles. The number of alkyl halides is 1. The molecular formula is C9H19BrO. The van der Waals surface area contributed by atoms with Gasteiger partial charge in [-0.2, -0.15) is 0 Å². The van der Waals surface area contributed by atoms with E-state index in [0.29, 0.717) is 6.61 Å². The van der Waals surface area contributed by atoms with Crippen LogP contribution >= 0.6 is 15.9 Å². The van der Waals surface area contributed by atoms with Crippen molar-refractivity contribution < 1.29 is 5.11 Å². The number of aliphatic hydroxyl groups is 1. The summed E-state index contributed by atoms with van der Waals surface area (Å²) >= 11 is 3.41. The summed E-state index contributed by atoms with van der Waals surface area (Å²) in [5.74, 6) is 0.793. The van der Waals surface area contributed by atoms with Gasteiger partial charge < -0.3 is 5.11 Å². The Morgan fingerprint density at radius 2 is 1.82 bits per heavy atom. The van der Waals surface area contributed by atoms with Gasteiger partial charge in [-0.1, -0.05) is 35.7 Å². The molecule has 0 saturated heterocycles. The number of halogens is 1. The molecule has 0 fully saturated rings. The lowest BCUT2D eigenvalue weighted by molar-refractivity contribution is 0.271. The van der Waals surface area contributed by atoms with Gasteiger partial charge in [-0.15, -0.1) is 0 Å². The topological polar surface area (TPSA) is 20.2 Å². The molecule has 0 aromatic rings. The molecule has 0 saturated carbocycles. The van der Waals surface area contributed by atoms with E-state index in [4.69, 9.17) is 5.11 Å². The average Bonchev–Trinajstić information content (AvgIpc) is 2.01. The van der Waals surface area contributed by atoms with Crippen LogP contribution in [-0.4, -0.2) is 17.0 Å². The summed E-state index contributed by atoms with van der Waals surface area (Å²) in [7, 11) is 0. The largest absolute Gasteiger partial charge is 0.396 e. The van der Waals surface area contributed by atoms with Crippen LogP contribution in [0.2, 0.25) is 0 Å². The molecule has 68 valence electrons. The van der Waals surface area contributed by atoms with Crippen LogP contribution in [0, 0.1) is 5.92 Å². The summed E-state index contributed by atoms with van der Waals surface area (Å²) in [5, 5.41) is 9.70. The molecule has 2 heteroatoms. The molecule has 1 atom stereocenters. The van der Waals surface area contributed by atoms with Gasteiger partial charge in [-0.25, -0.2) is 0 Å². The van der Waals surface area contributed by atoms with Crippen molar-refractivity contribution in [3.05, 3.63) is 0 Å². The van der Waals surface area contributed by atoms with Crippen LogP contribution in [0.1, 0.15) is 39.0 Å². The zero-order valence-corrected chi connectivity index (χ0v) is 8.94. The molecule has 0 bridgehead atoms. The van der Waals surface area contributed by atoms with E-state index in [9.17, 15) is 0 Å². The fourth-order valence-corrected chi connectivity index (χ4v) is 1.57. The first-order valence-corrected chi connectivity index (χ1v) is 5.60. The lowest BCUT2D eigenvalue weighted by Crippen LogP contribution is -1.96. The Hall–Kier alpha value is 0.440. The standard InChI is InChI=1S/C9H19BrO/c1-9(6-4-8-11)5-2-3-7-10/h9,11H,2-8H2,1H3/t9-/m0/s1. The predicted octanol–water partition coefficient (Wildman–Crippen LogP) is 2.96. The van der Waals surface area contributed by atoms with E-state index in [2.05, 4.69) is 22.9 Å². The molecule has 0 radical (unpaired) electrons. The first kappa shape index (κ1) is 11.4. The van der Waals surface area contributed by atoms with E-state index in [-0.39, 0.29) is 0 Å². The van der Waals surface area contributed by atoms with E-state index in [0.717, 1.165) is 17.7 Å². The molecular weight excluding hydrogens is 204 g/mol. The summed E-state index contributed by atoms with van der Waals surface area (Å²) in [5.41, 5.74) is 0. The number of rotatable bonds is 7. The van der Waals surface area contributed by atoms with Crippen LogP contribution in [0.5, 0.6) is 0 Å². The van der Waals surface area contributed by atoms with Gasteiger partial charge in [0.2, 0.25) is 0 Å². The highest BCUT2D eigenvalue weighted by atomic mass is 79.9. The smallest absolute Gasteiger partial charge is 0.0431 e. The Bertz CT molecular complexity index is 76.0. The molecule has 11 heavy (non-hydrogen) atoms. The summed E-state index contributed by atoms with van der Waals surface area (Å²) in [6.07, 6.45) is 6.06. The Labute approximate surface area is 78.3 Å². The van der Waals surface area contributed by atoms with E-state index in [1.54, 1.807) is 0 Å². The highest BCUT2D eigenvalue weighted by Crippen LogP contribution is 2.13. The lowest BCUT2D eigenvalue weighted by Gasteiger charge is -2.08. The zero-order chi connectivity index (χ0) is 8.53. The van der Waals surface area contributed by atoms with Crippen LogP contribution in [0.15, 0.2) is 0 Å². The molecule has 1 N–H and O–H groups in total. The first-order chi connectivity index (χ1) is 5.31. The third-order valence-corrected chi connectivity index (χ3v) is 2.50. The van der Waals surface area contributed by atoms with Crippen molar-refractivity contribution in [2.45, 2.75) is 39.0 Å². The van der Waals surface area contributed by atoms with Crippen LogP contribution < -0.4 is 0 Å². The van der Waals surface area contributed by atoms with Crippen LogP contribution in [0.4, 0.5) is 0 Å². The van der Waals surface area contributed by atoms with Gasteiger partial charge in [0, 0.05) is 11.9 Å². The number of hydrogen-bond donors (Lipinski definition) is 1. The van der Waals surface area contributed by atoms with E-state index in [1.807, 2.05) is 0 Å². The summed E-state index contributed by atoms with van der Waals surface area (Å²) in [4.78, 5) is 0. The maximum Gasteiger partial charge on any atom is 0.0431 e. The van der Waals surface area contributed by atoms with Crippen molar-refractivity contribution in [2.24, 2.45) is 5.92 Å². The highest BCUT2D eigenvalue weighted by molar-refractivity contribution is 9.09. The summed E-state index contributed by atoms with van der Waals surface area (Å²) in [6, 6.07) is 0. The van der Waals surface area contributed by atoms with Crippen molar-refractivity contribution in [1.29, 1.82) is 0 Å². The Balaban J connectivity index is 3.02. The normalized spacial score (nSPS) is 13.4. The Morgan fingerprint density at radius 1 is 1.18 bits per heavy atom. The Kier molecular flexibility index (Phi) is 8.88. The zero-order valence-electron chi connectivity index (χ0n) is 7.35. The first-order valence-electron chi connectivity index (χ1n) is 4.48. The van der Waals surface area contributed by atoms with Crippen LogP contribution in [0.3, 0.4) is 0 Å². The highest BCUT2D eigenvalue weighted by Gasteiger charge is 2.00. The number of aliphatic hydroxyl groups excluding tert-OH is 1. The molecule has 0 aliphatic heterocycles. The van der Waals surface area contributed by atoms with Gasteiger partial charge in [0.1, 0.15) is 0 Å². The molecule has 0 heterocycles. The molecule has 0 amide bonds. The minimum Gasteiger partial charge on any atom is -0.396 e. The second-order valence-corrected chi connectivity index (χ2v) is 3.95. The maximum absolute atomic E-state index is 8.58. The van der Waals surface area contributed by atoms with Crippen molar-refractivity contribution in [2.75, 3.05) is 11.9 Å². The Morgan fingerprint density at radius 3 is 2.36 bits per heavy atom. The van der Waals surface area contributed by atoms with Gasteiger partial charge >= 0.3 is 0 Å². The second-order valence-electron chi connectivity index (χ2n) is 3.16. The third kappa shape index (κ3) is 8.35. The molecule has 0 spiro atoms.